The van der Waals surface area contributed by atoms with Crippen molar-refractivity contribution in [1.82, 2.24) is 0 Å². The SMILES string of the molecule is CC1=Nc2cc3c(cc2C1)CC(c1ccc(C2=Nc4cc5c(cc4C2)CC(c2ccc(C(c4ccc(C)cc4)(C(F)(F)F)C(F)(F)F)cc2)=N5)cc1)=N3. The molecule has 4 aliphatic heterocycles. The van der Waals surface area contributed by atoms with Gasteiger partial charge in [-0.05, 0) is 76.1 Å². The number of hydrogen-bond acceptors (Lipinski definition) is 4. The van der Waals surface area contributed by atoms with Crippen LogP contribution in [-0.4, -0.2) is 35.2 Å². The predicted molar refractivity (Wildman–Crippen MR) is 196 cm³/mol. The Morgan fingerprint density at radius 1 is 0.415 bits per heavy atom. The third-order valence-corrected chi connectivity index (χ3v) is 10.7. The fourth-order valence-corrected chi connectivity index (χ4v) is 8.00. The third kappa shape index (κ3) is 5.37. The summed E-state index contributed by atoms with van der Waals surface area (Å²) in [5, 5.41) is 0. The van der Waals surface area contributed by atoms with E-state index in [4.69, 9.17) is 15.0 Å². The molecule has 0 N–H and O–H groups in total. The van der Waals surface area contributed by atoms with Gasteiger partial charge < -0.3 is 0 Å². The van der Waals surface area contributed by atoms with Gasteiger partial charge in [-0.2, -0.15) is 26.3 Å². The second-order valence-electron chi connectivity index (χ2n) is 14.2. The molecular formula is C43H30F6N4. The van der Waals surface area contributed by atoms with Crippen molar-refractivity contribution < 1.29 is 26.3 Å². The van der Waals surface area contributed by atoms with Crippen molar-refractivity contribution in [1.29, 1.82) is 0 Å². The average molecular weight is 717 g/mol. The Labute approximate surface area is 301 Å². The van der Waals surface area contributed by atoms with Gasteiger partial charge >= 0.3 is 12.4 Å². The van der Waals surface area contributed by atoms with E-state index in [9.17, 15) is 26.3 Å². The first-order valence-corrected chi connectivity index (χ1v) is 17.3. The third-order valence-electron chi connectivity index (χ3n) is 10.7. The van der Waals surface area contributed by atoms with Crippen LogP contribution >= 0.6 is 0 Å². The van der Waals surface area contributed by atoms with Gasteiger partial charge in [0, 0.05) is 31.4 Å². The summed E-state index contributed by atoms with van der Waals surface area (Å²) in [6.07, 6.45) is -8.59. The lowest BCUT2D eigenvalue weighted by molar-refractivity contribution is -0.288. The van der Waals surface area contributed by atoms with Crippen molar-refractivity contribution in [2.24, 2.45) is 20.0 Å². The molecule has 5 aromatic rings. The maximum absolute atomic E-state index is 14.6. The van der Waals surface area contributed by atoms with Gasteiger partial charge in [-0.3, -0.25) is 20.0 Å². The molecular weight excluding hydrogens is 686 g/mol. The first-order chi connectivity index (χ1) is 25.3. The van der Waals surface area contributed by atoms with Gasteiger partial charge in [-0.15, -0.1) is 0 Å². The number of aryl methyl sites for hydroxylation is 1. The molecule has 0 spiro atoms. The van der Waals surface area contributed by atoms with E-state index < -0.39 is 28.9 Å². The maximum Gasteiger partial charge on any atom is 0.411 e. The summed E-state index contributed by atoms with van der Waals surface area (Å²) in [6, 6.07) is 25.3. The molecule has 0 saturated carbocycles. The van der Waals surface area contributed by atoms with E-state index in [0.29, 0.717) is 35.4 Å². The van der Waals surface area contributed by atoms with Crippen LogP contribution in [0.15, 0.2) is 117 Å². The quantitative estimate of drug-likeness (QED) is 0.163. The Morgan fingerprint density at radius 2 is 0.755 bits per heavy atom. The molecule has 0 aliphatic carbocycles. The van der Waals surface area contributed by atoms with Crippen molar-refractivity contribution in [3.8, 4) is 0 Å². The number of benzene rings is 5. The normalized spacial score (nSPS) is 16.1. The zero-order valence-corrected chi connectivity index (χ0v) is 28.6. The summed E-state index contributed by atoms with van der Waals surface area (Å²) < 4.78 is 87.5. The minimum absolute atomic E-state index is 0.396. The van der Waals surface area contributed by atoms with Crippen LogP contribution < -0.4 is 0 Å². The summed E-state index contributed by atoms with van der Waals surface area (Å²) in [5.74, 6) is 0. The topological polar surface area (TPSA) is 49.4 Å². The minimum atomic E-state index is -5.64. The van der Waals surface area contributed by atoms with E-state index >= 15 is 0 Å². The molecule has 0 amide bonds. The molecule has 10 heteroatoms. The summed E-state index contributed by atoms with van der Waals surface area (Å²) in [7, 11) is 0. The first-order valence-electron chi connectivity index (χ1n) is 17.3. The van der Waals surface area contributed by atoms with E-state index in [1.54, 1.807) is 6.92 Å². The van der Waals surface area contributed by atoms with E-state index in [0.717, 1.165) is 93.6 Å². The average Bonchev–Trinajstić information content (AvgIpc) is 3.90. The van der Waals surface area contributed by atoms with Gasteiger partial charge in [0.05, 0.1) is 39.9 Å². The van der Waals surface area contributed by atoms with Crippen molar-refractivity contribution in [3.63, 3.8) is 0 Å². The second-order valence-corrected chi connectivity index (χ2v) is 14.2. The zero-order valence-electron chi connectivity index (χ0n) is 28.6. The first kappa shape index (κ1) is 33.2. The highest BCUT2D eigenvalue weighted by molar-refractivity contribution is 6.11. The van der Waals surface area contributed by atoms with Crippen molar-refractivity contribution >= 4 is 45.6 Å². The number of aliphatic imine (C=N–C) groups is 4. The molecule has 5 aromatic carbocycles. The van der Waals surface area contributed by atoms with Crippen LogP contribution in [0.25, 0.3) is 0 Å². The standard InChI is InChI=1S/C43H30F6N4/c1-23-3-11-32(12-4-23)41(42(44,45)46,43(47,48)49)33-13-9-27(10-14-33)36-20-31-17-30-19-35(52-39(30)22-40(31)53-36)26-7-5-25(6-8-26)34-18-29-16-28-15-24(2)50-37(28)21-38(29)51-34/h3-14,16-17,21-22H,15,18-20H2,1-2H3. The lowest BCUT2D eigenvalue weighted by Gasteiger charge is -2.38. The Hall–Kier alpha value is -5.64. The van der Waals surface area contributed by atoms with Crippen LogP contribution in [0, 0.1) is 6.92 Å². The monoisotopic (exact) mass is 716 g/mol. The number of alkyl halides is 6. The number of halogens is 6. The number of nitrogens with zero attached hydrogens (tertiary/aromatic N) is 4. The Kier molecular flexibility index (Phi) is 7.32. The molecule has 4 heterocycles. The molecule has 4 aliphatic rings. The molecule has 9 rings (SSSR count). The van der Waals surface area contributed by atoms with Crippen molar-refractivity contribution in [2.75, 3.05) is 0 Å². The van der Waals surface area contributed by atoms with Gasteiger partial charge in [0.15, 0.2) is 0 Å². The van der Waals surface area contributed by atoms with Crippen LogP contribution in [0.5, 0.6) is 0 Å². The van der Waals surface area contributed by atoms with E-state index in [1.165, 1.54) is 35.4 Å². The van der Waals surface area contributed by atoms with Crippen LogP contribution in [0.1, 0.15) is 62.6 Å². The van der Waals surface area contributed by atoms with E-state index in [-0.39, 0.29) is 0 Å². The summed E-state index contributed by atoms with van der Waals surface area (Å²) in [6.45, 7) is 3.65. The fourth-order valence-electron chi connectivity index (χ4n) is 8.00. The Bertz CT molecular complexity index is 2450. The predicted octanol–water partition coefficient (Wildman–Crippen LogP) is 11.1. The number of hydrogen-bond donors (Lipinski definition) is 0. The van der Waals surface area contributed by atoms with E-state index in [2.05, 4.69) is 41.4 Å². The lowest BCUT2D eigenvalue weighted by atomic mass is 9.72. The second kappa shape index (κ2) is 11.7. The molecule has 0 bridgehead atoms. The van der Waals surface area contributed by atoms with E-state index in [1.807, 2.05) is 19.1 Å². The number of rotatable bonds is 5. The fraction of sp³-hybridized carbons (Fsp3) is 0.209. The molecule has 264 valence electrons. The van der Waals surface area contributed by atoms with Gasteiger partial charge in [0.1, 0.15) is 0 Å². The molecule has 0 fully saturated rings. The number of fused-ring (bicyclic) bond motifs is 4. The van der Waals surface area contributed by atoms with Gasteiger partial charge in [0.25, 0.3) is 0 Å². The largest absolute Gasteiger partial charge is 0.411 e. The van der Waals surface area contributed by atoms with Gasteiger partial charge in [-0.1, -0.05) is 90.5 Å². The molecule has 0 atom stereocenters. The maximum atomic E-state index is 14.6. The Balaban J connectivity index is 0.946. The summed E-state index contributed by atoms with van der Waals surface area (Å²) >= 11 is 0. The van der Waals surface area contributed by atoms with Gasteiger partial charge in [-0.25, -0.2) is 0 Å². The molecule has 0 unspecified atom stereocenters. The Morgan fingerprint density at radius 3 is 1.15 bits per heavy atom. The molecule has 0 aromatic heterocycles. The van der Waals surface area contributed by atoms with Crippen molar-refractivity contribution in [3.05, 3.63) is 153 Å². The summed E-state index contributed by atoms with van der Waals surface area (Å²) in [5.41, 5.74) is 8.70. The molecule has 53 heavy (non-hydrogen) atoms. The summed E-state index contributed by atoms with van der Waals surface area (Å²) in [4.78, 5) is 19.2. The highest BCUT2D eigenvalue weighted by Gasteiger charge is 2.72. The van der Waals surface area contributed by atoms with Crippen LogP contribution in [0.4, 0.5) is 49.1 Å². The van der Waals surface area contributed by atoms with Crippen LogP contribution in [0.3, 0.4) is 0 Å². The van der Waals surface area contributed by atoms with Crippen LogP contribution in [-0.2, 0) is 31.1 Å². The smallest absolute Gasteiger partial charge is 0.257 e. The molecule has 4 nitrogen and oxygen atoms in total. The zero-order chi connectivity index (χ0) is 36.9. The van der Waals surface area contributed by atoms with Crippen LogP contribution in [0.2, 0.25) is 0 Å². The van der Waals surface area contributed by atoms with Crippen molar-refractivity contribution in [2.45, 2.75) is 57.3 Å². The highest BCUT2D eigenvalue weighted by atomic mass is 19.4. The highest BCUT2D eigenvalue weighted by Crippen LogP contribution is 2.56. The lowest BCUT2D eigenvalue weighted by Crippen LogP contribution is -2.54. The minimum Gasteiger partial charge on any atom is -0.257 e. The molecule has 0 saturated heterocycles. The molecule has 0 radical (unpaired) electrons. The van der Waals surface area contributed by atoms with Gasteiger partial charge in [0.2, 0.25) is 5.41 Å².